The Labute approximate surface area is 76.7 Å². The lowest BCUT2D eigenvalue weighted by Gasteiger charge is -2.02. The van der Waals surface area contributed by atoms with Crippen molar-refractivity contribution in [2.75, 3.05) is 0 Å². The predicted molar refractivity (Wildman–Crippen MR) is 50.1 cm³/mol. The van der Waals surface area contributed by atoms with Gasteiger partial charge in [0.15, 0.2) is 0 Å². The number of carbonyl (C=O) groups is 1. The molecule has 0 saturated carbocycles. The average Bonchev–Trinajstić information content (AvgIpc) is 2.17. The van der Waals surface area contributed by atoms with E-state index in [0.717, 1.165) is 11.1 Å². The molecule has 68 valence electrons. The second kappa shape index (κ2) is 3.85. The Balaban J connectivity index is 3.11. The molecule has 0 spiro atoms. The van der Waals surface area contributed by atoms with E-state index in [1.54, 1.807) is 32.3 Å². The molecule has 1 rings (SSSR count). The van der Waals surface area contributed by atoms with Gasteiger partial charge in [-0.2, -0.15) is 0 Å². The topological polar surface area (TPSA) is 50.2 Å². The molecule has 0 aliphatic heterocycles. The number of pyridine rings is 1. The summed E-state index contributed by atoms with van der Waals surface area (Å²) in [6, 6.07) is 3.63. The number of hydrogen-bond acceptors (Lipinski definition) is 2. The summed E-state index contributed by atoms with van der Waals surface area (Å²) < 4.78 is 0. The summed E-state index contributed by atoms with van der Waals surface area (Å²) in [5.41, 5.74) is 1.95. The van der Waals surface area contributed by atoms with Crippen LogP contribution in [0.4, 0.5) is 0 Å². The molecule has 0 atom stereocenters. The smallest absolute Gasteiger partial charge is 0.331 e. The highest BCUT2D eigenvalue weighted by Crippen LogP contribution is 2.16. The van der Waals surface area contributed by atoms with Gasteiger partial charge in [-0.25, -0.2) is 4.79 Å². The van der Waals surface area contributed by atoms with E-state index in [0.29, 0.717) is 5.57 Å². The van der Waals surface area contributed by atoms with E-state index in [1.165, 1.54) is 0 Å². The fourth-order valence-electron chi connectivity index (χ4n) is 0.961. The van der Waals surface area contributed by atoms with E-state index in [4.69, 9.17) is 5.11 Å². The van der Waals surface area contributed by atoms with Crippen LogP contribution >= 0.6 is 0 Å². The van der Waals surface area contributed by atoms with Gasteiger partial charge in [-0.1, -0.05) is 6.07 Å². The molecule has 3 heteroatoms. The van der Waals surface area contributed by atoms with E-state index < -0.39 is 5.97 Å². The molecule has 1 aromatic heterocycles. The quantitative estimate of drug-likeness (QED) is 0.702. The van der Waals surface area contributed by atoms with Crippen LogP contribution in [0, 0.1) is 0 Å². The number of carboxylic acids is 1. The molecule has 0 aromatic carbocycles. The molecular weight excluding hydrogens is 166 g/mol. The Bertz CT molecular complexity index is 341. The van der Waals surface area contributed by atoms with E-state index >= 15 is 0 Å². The summed E-state index contributed by atoms with van der Waals surface area (Å²) >= 11 is 0. The lowest BCUT2D eigenvalue weighted by Crippen LogP contribution is -1.99. The van der Waals surface area contributed by atoms with Crippen LogP contribution in [-0.4, -0.2) is 16.1 Å². The zero-order valence-corrected chi connectivity index (χ0v) is 7.61. The zero-order valence-electron chi connectivity index (χ0n) is 7.61. The summed E-state index contributed by atoms with van der Waals surface area (Å²) in [5, 5.41) is 8.74. The molecule has 0 unspecified atom stereocenters. The Morgan fingerprint density at radius 3 is 2.62 bits per heavy atom. The first-order valence-electron chi connectivity index (χ1n) is 3.94. The van der Waals surface area contributed by atoms with Crippen LogP contribution in [0.1, 0.15) is 19.4 Å². The summed E-state index contributed by atoms with van der Waals surface area (Å²) in [5.74, 6) is -0.888. The third-order valence-corrected chi connectivity index (χ3v) is 1.98. The molecule has 0 radical (unpaired) electrons. The summed E-state index contributed by atoms with van der Waals surface area (Å²) in [6.45, 7) is 3.37. The van der Waals surface area contributed by atoms with E-state index in [1.807, 2.05) is 6.07 Å². The van der Waals surface area contributed by atoms with Crippen LogP contribution in [0.5, 0.6) is 0 Å². The third kappa shape index (κ3) is 2.15. The average molecular weight is 177 g/mol. The Kier molecular flexibility index (Phi) is 2.80. The maximum atomic E-state index is 10.6. The van der Waals surface area contributed by atoms with Crippen LogP contribution < -0.4 is 0 Å². The van der Waals surface area contributed by atoms with Crippen LogP contribution in [0.15, 0.2) is 30.1 Å². The summed E-state index contributed by atoms with van der Waals surface area (Å²) in [7, 11) is 0. The van der Waals surface area contributed by atoms with Crippen molar-refractivity contribution in [2.45, 2.75) is 13.8 Å². The van der Waals surface area contributed by atoms with Crippen LogP contribution in [0.2, 0.25) is 0 Å². The minimum Gasteiger partial charge on any atom is -0.478 e. The number of aliphatic carboxylic acids is 1. The molecule has 0 aliphatic rings. The highest BCUT2D eigenvalue weighted by molar-refractivity contribution is 5.95. The zero-order chi connectivity index (χ0) is 9.84. The van der Waals surface area contributed by atoms with Gasteiger partial charge in [0.05, 0.1) is 0 Å². The molecule has 13 heavy (non-hydrogen) atoms. The molecule has 1 heterocycles. The van der Waals surface area contributed by atoms with Gasteiger partial charge in [0, 0.05) is 18.0 Å². The number of aromatic nitrogens is 1. The Morgan fingerprint density at radius 1 is 1.46 bits per heavy atom. The van der Waals surface area contributed by atoms with Gasteiger partial charge in [-0.05, 0) is 31.1 Å². The molecule has 1 N–H and O–H groups in total. The minimum atomic E-state index is -0.888. The van der Waals surface area contributed by atoms with Crippen molar-refractivity contribution < 1.29 is 9.90 Å². The molecule has 0 amide bonds. The maximum Gasteiger partial charge on any atom is 0.331 e. The van der Waals surface area contributed by atoms with Gasteiger partial charge in [-0.15, -0.1) is 0 Å². The monoisotopic (exact) mass is 177 g/mol. The SMILES string of the molecule is C/C(C(=O)O)=C(/C)c1cccnc1. The number of hydrogen-bond donors (Lipinski definition) is 1. The number of rotatable bonds is 2. The summed E-state index contributed by atoms with van der Waals surface area (Å²) in [6.07, 6.45) is 3.31. The standard InChI is InChI=1S/C10H11NO2/c1-7(8(2)10(12)13)9-4-3-5-11-6-9/h3-6H,1-2H3,(H,12,13)/b8-7+. The lowest BCUT2D eigenvalue weighted by atomic mass is 10.0. The van der Waals surface area contributed by atoms with Crippen LogP contribution in [0.25, 0.3) is 5.57 Å². The fraction of sp³-hybridized carbons (Fsp3) is 0.200. The minimum absolute atomic E-state index is 0.355. The lowest BCUT2D eigenvalue weighted by molar-refractivity contribution is -0.132. The number of carboxylic acid groups (broad SMARTS) is 1. The highest BCUT2D eigenvalue weighted by Gasteiger charge is 2.06. The normalized spacial score (nSPS) is 12.2. The van der Waals surface area contributed by atoms with Crippen molar-refractivity contribution in [2.24, 2.45) is 0 Å². The van der Waals surface area contributed by atoms with E-state index in [2.05, 4.69) is 4.98 Å². The molecular formula is C10H11NO2. The van der Waals surface area contributed by atoms with Crippen LogP contribution in [0.3, 0.4) is 0 Å². The molecule has 1 aromatic rings. The fourth-order valence-corrected chi connectivity index (χ4v) is 0.961. The Hall–Kier alpha value is -1.64. The first-order valence-corrected chi connectivity index (χ1v) is 3.94. The Morgan fingerprint density at radius 2 is 2.15 bits per heavy atom. The van der Waals surface area contributed by atoms with E-state index in [9.17, 15) is 4.79 Å². The number of allylic oxidation sites excluding steroid dienone is 1. The first-order chi connectivity index (χ1) is 6.13. The van der Waals surface area contributed by atoms with Gasteiger partial charge in [-0.3, -0.25) is 4.98 Å². The first kappa shape index (κ1) is 9.45. The van der Waals surface area contributed by atoms with Crippen molar-refractivity contribution in [3.05, 3.63) is 35.7 Å². The van der Waals surface area contributed by atoms with Gasteiger partial charge >= 0.3 is 5.97 Å². The second-order valence-electron chi connectivity index (χ2n) is 2.80. The van der Waals surface area contributed by atoms with Crippen molar-refractivity contribution >= 4 is 11.5 Å². The van der Waals surface area contributed by atoms with Gasteiger partial charge in [0.1, 0.15) is 0 Å². The molecule has 3 nitrogen and oxygen atoms in total. The van der Waals surface area contributed by atoms with Crippen molar-refractivity contribution in [1.29, 1.82) is 0 Å². The van der Waals surface area contributed by atoms with Crippen molar-refractivity contribution in [3.63, 3.8) is 0 Å². The maximum absolute atomic E-state index is 10.6. The largest absolute Gasteiger partial charge is 0.478 e. The van der Waals surface area contributed by atoms with Crippen molar-refractivity contribution in [1.82, 2.24) is 4.98 Å². The van der Waals surface area contributed by atoms with Gasteiger partial charge < -0.3 is 5.11 Å². The second-order valence-corrected chi connectivity index (χ2v) is 2.80. The van der Waals surface area contributed by atoms with Gasteiger partial charge in [0.2, 0.25) is 0 Å². The third-order valence-electron chi connectivity index (χ3n) is 1.98. The van der Waals surface area contributed by atoms with Gasteiger partial charge in [0.25, 0.3) is 0 Å². The van der Waals surface area contributed by atoms with Crippen molar-refractivity contribution in [3.8, 4) is 0 Å². The summed E-state index contributed by atoms with van der Waals surface area (Å²) in [4.78, 5) is 14.6. The molecule has 0 saturated heterocycles. The predicted octanol–water partition coefficient (Wildman–Crippen LogP) is 1.96. The highest BCUT2D eigenvalue weighted by atomic mass is 16.4. The number of nitrogens with zero attached hydrogens (tertiary/aromatic N) is 1. The van der Waals surface area contributed by atoms with E-state index in [-0.39, 0.29) is 0 Å². The molecule has 0 fully saturated rings. The molecule has 0 aliphatic carbocycles. The molecule has 0 bridgehead atoms. The van der Waals surface area contributed by atoms with Crippen LogP contribution in [-0.2, 0) is 4.79 Å².